The number of nitrogens with zero attached hydrogens (tertiary/aromatic N) is 2. The van der Waals surface area contributed by atoms with E-state index >= 15 is 0 Å². The Morgan fingerprint density at radius 1 is 1.20 bits per heavy atom. The number of pyridine rings is 1. The molecule has 0 unspecified atom stereocenters. The number of fused-ring (bicyclic) bond motifs is 1. The van der Waals surface area contributed by atoms with E-state index in [1.54, 1.807) is 0 Å². The predicted octanol–water partition coefficient (Wildman–Crippen LogP) is 2.07. The Morgan fingerprint density at radius 3 is 2.68 bits per heavy atom. The zero-order valence-electron chi connectivity index (χ0n) is 15.0. The molecule has 0 saturated carbocycles. The van der Waals surface area contributed by atoms with Gasteiger partial charge in [0.1, 0.15) is 0 Å². The van der Waals surface area contributed by atoms with Gasteiger partial charge in [0.05, 0.1) is 0 Å². The summed E-state index contributed by atoms with van der Waals surface area (Å²) in [5.74, 6) is 0. The highest BCUT2D eigenvalue weighted by molar-refractivity contribution is 5.79. The molecule has 1 fully saturated rings. The summed E-state index contributed by atoms with van der Waals surface area (Å²) in [6.45, 7) is 8.37. The third kappa shape index (κ3) is 4.20. The van der Waals surface area contributed by atoms with Crippen molar-refractivity contribution in [1.82, 2.24) is 20.1 Å². The average Bonchev–Trinajstić information content (AvgIpc) is 2.61. The molecule has 0 radical (unpaired) electrons. The molecule has 134 valence electrons. The van der Waals surface area contributed by atoms with Crippen molar-refractivity contribution in [3.05, 3.63) is 45.7 Å². The van der Waals surface area contributed by atoms with Crippen LogP contribution in [-0.4, -0.2) is 53.5 Å². The monoisotopic (exact) mass is 342 g/mol. The van der Waals surface area contributed by atoms with E-state index in [1.807, 2.05) is 36.9 Å². The number of urea groups is 1. The first-order chi connectivity index (χ1) is 12.1. The minimum atomic E-state index is -0.0283. The number of amides is 2. The van der Waals surface area contributed by atoms with Crippen molar-refractivity contribution in [2.24, 2.45) is 0 Å². The van der Waals surface area contributed by atoms with E-state index in [4.69, 9.17) is 0 Å². The van der Waals surface area contributed by atoms with Crippen LogP contribution in [-0.2, 0) is 6.54 Å². The van der Waals surface area contributed by atoms with Crippen LogP contribution in [0.15, 0.2) is 29.1 Å². The molecule has 1 aliphatic rings. The third-order valence-electron chi connectivity index (χ3n) is 4.66. The normalized spacial score (nSPS) is 15.5. The Kier molecular flexibility index (Phi) is 5.38. The first kappa shape index (κ1) is 17.5. The van der Waals surface area contributed by atoms with Gasteiger partial charge in [0.2, 0.25) is 0 Å². The average molecular weight is 342 g/mol. The van der Waals surface area contributed by atoms with Crippen molar-refractivity contribution in [2.45, 2.75) is 26.8 Å². The largest absolute Gasteiger partial charge is 0.338 e. The second kappa shape index (κ2) is 7.70. The van der Waals surface area contributed by atoms with Crippen molar-refractivity contribution in [1.29, 1.82) is 0 Å². The highest BCUT2D eigenvalue weighted by atomic mass is 16.2. The van der Waals surface area contributed by atoms with Crippen molar-refractivity contribution in [3.8, 4) is 0 Å². The van der Waals surface area contributed by atoms with Crippen molar-refractivity contribution in [3.63, 3.8) is 0 Å². The van der Waals surface area contributed by atoms with Gasteiger partial charge in [-0.3, -0.25) is 9.69 Å². The van der Waals surface area contributed by atoms with Gasteiger partial charge >= 0.3 is 6.03 Å². The zero-order valence-corrected chi connectivity index (χ0v) is 15.0. The van der Waals surface area contributed by atoms with Crippen LogP contribution in [0.25, 0.3) is 10.9 Å². The van der Waals surface area contributed by atoms with E-state index in [1.165, 1.54) is 5.56 Å². The number of hydrogen-bond donors (Lipinski definition) is 2. The van der Waals surface area contributed by atoms with Gasteiger partial charge in [-0.1, -0.05) is 18.6 Å². The molecule has 6 nitrogen and oxygen atoms in total. The number of aryl methyl sites for hydroxylation is 1. The Hall–Kier alpha value is -2.34. The number of piperazine rings is 1. The van der Waals surface area contributed by atoms with Crippen LogP contribution in [0.4, 0.5) is 4.79 Å². The molecule has 0 spiro atoms. The Bertz CT molecular complexity index is 807. The number of carbonyl (C=O) groups excluding carboxylic acids is 1. The standard InChI is InChI=1S/C19H26N4O2/c1-3-6-20-19(25)23-9-7-22(8-10-23)13-16-12-15-11-14(2)4-5-17(15)21-18(16)24/h4-5,11-12H,3,6-10,13H2,1-2H3,(H,20,25)(H,21,24). The second-order valence-electron chi connectivity index (χ2n) is 6.71. The molecule has 25 heavy (non-hydrogen) atoms. The zero-order chi connectivity index (χ0) is 17.8. The fourth-order valence-electron chi connectivity index (χ4n) is 3.18. The lowest BCUT2D eigenvalue weighted by Gasteiger charge is -2.34. The maximum Gasteiger partial charge on any atom is 0.317 e. The fraction of sp³-hybridized carbons (Fsp3) is 0.474. The van der Waals surface area contributed by atoms with Gasteiger partial charge in [-0.25, -0.2) is 4.79 Å². The lowest BCUT2D eigenvalue weighted by atomic mass is 10.1. The van der Waals surface area contributed by atoms with Crippen molar-refractivity contribution >= 4 is 16.9 Å². The molecule has 0 aliphatic carbocycles. The molecule has 0 atom stereocenters. The van der Waals surface area contributed by atoms with E-state index in [9.17, 15) is 9.59 Å². The van der Waals surface area contributed by atoms with Crippen molar-refractivity contribution in [2.75, 3.05) is 32.7 Å². The summed E-state index contributed by atoms with van der Waals surface area (Å²) in [5, 5.41) is 3.98. The molecule has 2 heterocycles. The van der Waals surface area contributed by atoms with E-state index < -0.39 is 0 Å². The molecular weight excluding hydrogens is 316 g/mol. The Balaban J connectivity index is 1.64. The molecule has 3 rings (SSSR count). The van der Waals surface area contributed by atoms with E-state index in [-0.39, 0.29) is 11.6 Å². The first-order valence-electron chi connectivity index (χ1n) is 8.94. The Labute approximate surface area is 147 Å². The van der Waals surface area contributed by atoms with Crippen molar-refractivity contribution < 1.29 is 4.79 Å². The van der Waals surface area contributed by atoms with Crippen LogP contribution in [0.3, 0.4) is 0 Å². The smallest absolute Gasteiger partial charge is 0.317 e. The number of hydrogen-bond acceptors (Lipinski definition) is 3. The molecule has 2 amide bonds. The third-order valence-corrected chi connectivity index (χ3v) is 4.66. The number of nitrogens with one attached hydrogen (secondary N) is 2. The summed E-state index contributed by atoms with van der Waals surface area (Å²) in [7, 11) is 0. The van der Waals surface area contributed by atoms with Crippen LogP contribution in [0.1, 0.15) is 24.5 Å². The summed E-state index contributed by atoms with van der Waals surface area (Å²) in [5.41, 5.74) is 2.80. The number of benzene rings is 1. The summed E-state index contributed by atoms with van der Waals surface area (Å²) in [6, 6.07) is 8.04. The van der Waals surface area contributed by atoms with Gasteiger partial charge < -0.3 is 15.2 Å². The van der Waals surface area contributed by atoms with Gasteiger partial charge in [0.25, 0.3) is 5.56 Å². The van der Waals surface area contributed by atoms with Crippen LogP contribution in [0.2, 0.25) is 0 Å². The molecular formula is C19H26N4O2. The van der Waals surface area contributed by atoms with Crippen LogP contribution in [0.5, 0.6) is 0 Å². The lowest BCUT2D eigenvalue weighted by Crippen LogP contribution is -2.51. The van der Waals surface area contributed by atoms with Gasteiger partial charge in [0.15, 0.2) is 0 Å². The first-order valence-corrected chi connectivity index (χ1v) is 8.94. The molecule has 0 bridgehead atoms. The van der Waals surface area contributed by atoms with Crippen LogP contribution >= 0.6 is 0 Å². The molecule has 2 aromatic rings. The Morgan fingerprint density at radius 2 is 1.96 bits per heavy atom. The predicted molar refractivity (Wildman–Crippen MR) is 99.8 cm³/mol. The topological polar surface area (TPSA) is 68.4 Å². The summed E-state index contributed by atoms with van der Waals surface area (Å²) < 4.78 is 0. The van der Waals surface area contributed by atoms with Gasteiger partial charge in [-0.05, 0) is 36.9 Å². The highest BCUT2D eigenvalue weighted by Crippen LogP contribution is 2.14. The second-order valence-corrected chi connectivity index (χ2v) is 6.71. The molecule has 1 aromatic carbocycles. The molecule has 1 aliphatic heterocycles. The minimum absolute atomic E-state index is 0.0144. The van der Waals surface area contributed by atoms with E-state index in [0.29, 0.717) is 26.2 Å². The summed E-state index contributed by atoms with van der Waals surface area (Å²) in [4.78, 5) is 31.4. The van der Waals surface area contributed by atoms with Gasteiger partial charge in [-0.15, -0.1) is 0 Å². The number of aromatic nitrogens is 1. The maximum absolute atomic E-state index is 12.3. The fourth-order valence-corrected chi connectivity index (χ4v) is 3.18. The SMILES string of the molecule is CCCNC(=O)N1CCN(Cc2cc3cc(C)ccc3[nH]c2=O)CC1. The van der Waals surface area contributed by atoms with E-state index in [2.05, 4.69) is 21.3 Å². The van der Waals surface area contributed by atoms with Gasteiger partial charge in [-0.2, -0.15) is 0 Å². The molecule has 6 heteroatoms. The van der Waals surface area contributed by atoms with E-state index in [0.717, 1.165) is 36.0 Å². The number of aromatic amines is 1. The molecule has 1 saturated heterocycles. The number of H-pyrrole nitrogens is 1. The van der Waals surface area contributed by atoms with Crippen LogP contribution in [0, 0.1) is 6.92 Å². The highest BCUT2D eigenvalue weighted by Gasteiger charge is 2.21. The van der Waals surface area contributed by atoms with Gasteiger partial charge in [0, 0.05) is 50.3 Å². The summed E-state index contributed by atoms with van der Waals surface area (Å²) in [6.07, 6.45) is 0.940. The molecule has 1 aromatic heterocycles. The van der Waals surface area contributed by atoms with Crippen LogP contribution < -0.4 is 10.9 Å². The lowest BCUT2D eigenvalue weighted by molar-refractivity contribution is 0.135. The number of rotatable bonds is 4. The quantitative estimate of drug-likeness (QED) is 0.894. The minimum Gasteiger partial charge on any atom is -0.338 e. The molecule has 2 N–H and O–H groups in total. The number of carbonyl (C=O) groups is 1. The summed E-state index contributed by atoms with van der Waals surface area (Å²) >= 11 is 0. The maximum atomic E-state index is 12.3.